The maximum absolute atomic E-state index is 12.5. The molecule has 0 amide bonds. The van der Waals surface area contributed by atoms with Crippen molar-refractivity contribution in [3.63, 3.8) is 0 Å². The number of ether oxygens (including phenoxy) is 1. The van der Waals surface area contributed by atoms with Crippen molar-refractivity contribution < 1.29 is 31.1 Å². The molecule has 0 saturated heterocycles. The minimum atomic E-state index is -4.71. The fourth-order valence-electron chi connectivity index (χ4n) is 1.54. The van der Waals surface area contributed by atoms with Gasteiger partial charge in [0.1, 0.15) is 6.54 Å². The van der Waals surface area contributed by atoms with Gasteiger partial charge in [-0.2, -0.15) is 17.5 Å². The second-order valence-electron chi connectivity index (χ2n) is 4.09. The van der Waals surface area contributed by atoms with Gasteiger partial charge in [-0.3, -0.25) is 4.79 Å². The quantitative estimate of drug-likeness (QED) is 0.748. The van der Waals surface area contributed by atoms with Crippen LogP contribution in [0.4, 0.5) is 13.2 Å². The van der Waals surface area contributed by atoms with Crippen molar-refractivity contribution in [2.45, 2.75) is 17.5 Å². The van der Waals surface area contributed by atoms with E-state index in [0.717, 1.165) is 7.11 Å². The zero-order valence-electron chi connectivity index (χ0n) is 11.1. The number of methoxy groups -OCH3 is 1. The predicted octanol–water partition coefficient (Wildman–Crippen LogP) is 1.80. The molecule has 21 heavy (non-hydrogen) atoms. The molecule has 0 fully saturated rings. The number of rotatable bonds is 6. The van der Waals surface area contributed by atoms with Gasteiger partial charge in [-0.1, -0.05) is 18.2 Å². The van der Waals surface area contributed by atoms with Crippen LogP contribution in [0, 0.1) is 0 Å². The molecule has 0 bridgehead atoms. The summed E-state index contributed by atoms with van der Waals surface area (Å²) >= 11 is 0. The molecule has 118 valence electrons. The van der Waals surface area contributed by atoms with Crippen LogP contribution in [-0.4, -0.2) is 45.1 Å². The fraction of sp³-hybridized carbons (Fsp3) is 0.417. The Balaban J connectivity index is 3.02. The summed E-state index contributed by atoms with van der Waals surface area (Å²) in [5, 5.41) is 0. The predicted molar refractivity (Wildman–Crippen MR) is 67.9 cm³/mol. The highest BCUT2D eigenvalue weighted by atomic mass is 32.2. The first-order chi connectivity index (χ1) is 9.66. The summed E-state index contributed by atoms with van der Waals surface area (Å²) in [4.78, 5) is 10.8. The Morgan fingerprint density at radius 2 is 1.81 bits per heavy atom. The van der Waals surface area contributed by atoms with Gasteiger partial charge < -0.3 is 4.74 Å². The van der Waals surface area contributed by atoms with Crippen molar-refractivity contribution in [2.24, 2.45) is 0 Å². The van der Waals surface area contributed by atoms with Gasteiger partial charge in [0.15, 0.2) is 0 Å². The lowest BCUT2D eigenvalue weighted by Gasteiger charge is -2.23. The first-order valence-corrected chi connectivity index (χ1v) is 7.29. The van der Waals surface area contributed by atoms with E-state index < -0.39 is 41.7 Å². The minimum Gasteiger partial charge on any atom is -0.469 e. The number of esters is 1. The van der Waals surface area contributed by atoms with Gasteiger partial charge in [0.2, 0.25) is 10.0 Å². The number of hydrogen-bond donors (Lipinski definition) is 0. The molecular weight excluding hydrogens is 311 g/mol. The molecule has 0 aliphatic carbocycles. The highest BCUT2D eigenvalue weighted by Gasteiger charge is 2.37. The lowest BCUT2D eigenvalue weighted by Crippen LogP contribution is -2.40. The minimum absolute atomic E-state index is 0.221. The lowest BCUT2D eigenvalue weighted by molar-refractivity contribution is -0.144. The topological polar surface area (TPSA) is 63.7 Å². The van der Waals surface area contributed by atoms with Gasteiger partial charge in [-0.25, -0.2) is 8.42 Å². The Morgan fingerprint density at radius 1 is 1.24 bits per heavy atom. The summed E-state index contributed by atoms with van der Waals surface area (Å²) in [6, 6.07) is 6.73. The molecule has 0 radical (unpaired) electrons. The Bertz CT molecular complexity index is 572. The Morgan fingerprint density at radius 3 is 2.29 bits per heavy atom. The van der Waals surface area contributed by atoms with Crippen LogP contribution in [0.15, 0.2) is 35.2 Å². The van der Waals surface area contributed by atoms with E-state index in [-0.39, 0.29) is 9.20 Å². The van der Waals surface area contributed by atoms with Gasteiger partial charge in [0, 0.05) is 6.54 Å². The maximum Gasteiger partial charge on any atom is 0.402 e. The third-order valence-corrected chi connectivity index (χ3v) is 4.39. The van der Waals surface area contributed by atoms with Gasteiger partial charge in [-0.15, -0.1) is 0 Å². The number of sulfonamides is 1. The Labute approximate surface area is 120 Å². The van der Waals surface area contributed by atoms with Crippen molar-refractivity contribution in [3.05, 3.63) is 30.3 Å². The molecule has 0 N–H and O–H groups in total. The van der Waals surface area contributed by atoms with E-state index in [9.17, 15) is 26.4 Å². The molecule has 0 aliphatic heterocycles. The highest BCUT2D eigenvalue weighted by Crippen LogP contribution is 2.22. The average Bonchev–Trinajstić information content (AvgIpc) is 2.42. The van der Waals surface area contributed by atoms with Crippen molar-refractivity contribution in [1.29, 1.82) is 0 Å². The van der Waals surface area contributed by atoms with Crippen LogP contribution in [0.2, 0.25) is 0 Å². The van der Waals surface area contributed by atoms with Crippen LogP contribution in [0.3, 0.4) is 0 Å². The summed E-state index contributed by atoms with van der Waals surface area (Å²) in [6.45, 7) is -2.27. The number of nitrogens with zero attached hydrogens (tertiary/aromatic N) is 1. The molecule has 0 atom stereocenters. The Kier molecular flexibility index (Phi) is 5.73. The maximum atomic E-state index is 12.5. The average molecular weight is 325 g/mol. The third-order valence-electron chi connectivity index (χ3n) is 2.53. The zero-order chi connectivity index (χ0) is 16.1. The number of benzene rings is 1. The molecule has 5 nitrogen and oxygen atoms in total. The molecular formula is C12H14F3NO4S. The van der Waals surface area contributed by atoms with Crippen molar-refractivity contribution in [3.8, 4) is 0 Å². The number of carbonyl (C=O) groups is 1. The molecule has 0 spiro atoms. The summed E-state index contributed by atoms with van der Waals surface area (Å²) < 4.78 is 66.5. The van der Waals surface area contributed by atoms with E-state index in [0.29, 0.717) is 0 Å². The Hall–Kier alpha value is -1.61. The van der Waals surface area contributed by atoms with E-state index in [1.165, 1.54) is 24.3 Å². The van der Waals surface area contributed by atoms with Gasteiger partial charge >= 0.3 is 12.1 Å². The van der Waals surface area contributed by atoms with E-state index in [4.69, 9.17) is 0 Å². The van der Waals surface area contributed by atoms with Crippen LogP contribution in [0.5, 0.6) is 0 Å². The van der Waals surface area contributed by atoms with E-state index in [2.05, 4.69) is 4.74 Å². The molecule has 1 aromatic carbocycles. The second kappa shape index (κ2) is 6.90. The van der Waals surface area contributed by atoms with Crippen LogP contribution in [-0.2, 0) is 19.6 Å². The van der Waals surface area contributed by atoms with Crippen LogP contribution in [0.25, 0.3) is 0 Å². The third kappa shape index (κ3) is 5.35. The molecule has 0 heterocycles. The highest BCUT2D eigenvalue weighted by molar-refractivity contribution is 7.89. The summed E-state index contributed by atoms with van der Waals surface area (Å²) in [5.41, 5.74) is 0. The molecule has 1 aromatic rings. The molecule has 9 heteroatoms. The van der Waals surface area contributed by atoms with Crippen LogP contribution >= 0.6 is 0 Å². The smallest absolute Gasteiger partial charge is 0.402 e. The monoisotopic (exact) mass is 325 g/mol. The van der Waals surface area contributed by atoms with Crippen molar-refractivity contribution in [2.75, 3.05) is 20.2 Å². The van der Waals surface area contributed by atoms with Gasteiger partial charge in [-0.05, 0) is 12.1 Å². The van der Waals surface area contributed by atoms with E-state index in [1.807, 2.05) is 0 Å². The normalized spacial score (nSPS) is 12.4. The van der Waals surface area contributed by atoms with Crippen LogP contribution in [0.1, 0.15) is 6.42 Å². The molecule has 1 rings (SSSR count). The number of hydrogen-bond acceptors (Lipinski definition) is 4. The summed E-state index contributed by atoms with van der Waals surface area (Å²) in [6.07, 6.45) is -5.17. The lowest BCUT2D eigenvalue weighted by atomic mass is 10.4. The van der Waals surface area contributed by atoms with Crippen molar-refractivity contribution in [1.82, 2.24) is 4.31 Å². The first kappa shape index (κ1) is 17.4. The number of alkyl halides is 3. The van der Waals surface area contributed by atoms with Crippen molar-refractivity contribution >= 4 is 16.0 Å². The number of carbonyl (C=O) groups excluding carboxylic acids is 1. The molecule has 0 saturated carbocycles. The van der Waals surface area contributed by atoms with Gasteiger partial charge in [0.05, 0.1) is 18.4 Å². The van der Waals surface area contributed by atoms with E-state index >= 15 is 0 Å². The summed E-state index contributed by atoms with van der Waals surface area (Å²) in [5.74, 6) is -0.787. The number of halogens is 3. The first-order valence-electron chi connectivity index (χ1n) is 5.85. The second-order valence-corrected chi connectivity index (χ2v) is 6.03. The van der Waals surface area contributed by atoms with E-state index in [1.54, 1.807) is 6.07 Å². The standard InChI is InChI=1S/C12H14F3NO4S/c1-20-11(17)7-8-16(9-12(13,14)15)21(18,19)10-5-3-2-4-6-10/h2-6H,7-9H2,1H3. The zero-order valence-corrected chi connectivity index (χ0v) is 11.9. The largest absolute Gasteiger partial charge is 0.469 e. The molecule has 0 aliphatic rings. The van der Waals surface area contributed by atoms with Crippen LogP contribution < -0.4 is 0 Å². The SMILES string of the molecule is COC(=O)CCN(CC(F)(F)F)S(=O)(=O)c1ccccc1. The molecule has 0 aromatic heterocycles. The molecule has 0 unspecified atom stereocenters. The van der Waals surface area contributed by atoms with Gasteiger partial charge in [0.25, 0.3) is 0 Å². The summed E-state index contributed by atoms with van der Waals surface area (Å²) in [7, 11) is -3.26. The fourth-order valence-corrected chi connectivity index (χ4v) is 2.99.